The molecule has 2 aromatic heterocycles. The molecule has 0 saturated carbocycles. The van der Waals surface area contributed by atoms with E-state index in [1.807, 2.05) is 54.6 Å². The molecule has 334 valence electrons. The molecular weight excluding hydrogens is 857 g/mol. The number of anilines is 1. The Hall–Kier alpha value is -8.61. The summed E-state index contributed by atoms with van der Waals surface area (Å²) in [4.78, 5) is 15.9. The molecule has 1 N–H and O–H groups in total. The van der Waals surface area contributed by atoms with Gasteiger partial charge in [-0.3, -0.25) is 0 Å². The Morgan fingerprint density at radius 3 is 1.74 bits per heavy atom. The molecule has 0 amide bonds. The summed E-state index contributed by atoms with van der Waals surface area (Å²) in [6.07, 6.45) is -0.299. The number of benzene rings is 9. The summed E-state index contributed by atoms with van der Waals surface area (Å²) < 4.78 is 12.5. The SMILES string of the molecule is CC1(C)c2ccccc2-c2ccc(-c3cc(-c4ccc5c(c4)C(C)(C)c4ccccc4-5)c4nc(-c5ccc(-c6nc7ccccc7o6)cc5)nc(-c5ccc(C6Nc7ccccc7O6)cc5)c4c3)cc21. The van der Waals surface area contributed by atoms with Gasteiger partial charge in [-0.15, -0.1) is 0 Å². The van der Waals surface area contributed by atoms with Gasteiger partial charge in [0.15, 0.2) is 17.6 Å². The van der Waals surface area contributed by atoms with Gasteiger partial charge in [0.2, 0.25) is 5.89 Å². The first-order valence-electron chi connectivity index (χ1n) is 24.1. The lowest BCUT2D eigenvalue weighted by Gasteiger charge is -2.23. The van der Waals surface area contributed by atoms with Gasteiger partial charge in [0, 0.05) is 44.0 Å². The summed E-state index contributed by atoms with van der Waals surface area (Å²) >= 11 is 0. The molecule has 14 rings (SSSR count). The van der Waals surface area contributed by atoms with Crippen molar-refractivity contribution in [2.45, 2.75) is 44.8 Å². The van der Waals surface area contributed by atoms with Gasteiger partial charge in [-0.2, -0.15) is 0 Å². The van der Waals surface area contributed by atoms with E-state index in [4.69, 9.17) is 24.1 Å². The first kappa shape index (κ1) is 40.5. The number of rotatable bonds is 6. The lowest BCUT2D eigenvalue weighted by molar-refractivity contribution is 0.260. The second-order valence-electron chi connectivity index (χ2n) is 20.0. The monoisotopic (exact) mass is 902 g/mol. The van der Waals surface area contributed by atoms with E-state index < -0.39 is 0 Å². The largest absolute Gasteiger partial charge is 0.464 e. The summed E-state index contributed by atoms with van der Waals surface area (Å²) in [5, 5.41) is 4.52. The molecular formula is C64H46N4O2. The van der Waals surface area contributed by atoms with Crippen molar-refractivity contribution >= 4 is 27.7 Å². The highest BCUT2D eigenvalue weighted by Crippen LogP contribution is 2.52. The summed E-state index contributed by atoms with van der Waals surface area (Å²) in [5.74, 6) is 2.06. The molecule has 0 bridgehead atoms. The number of ether oxygens (including phenoxy) is 1. The van der Waals surface area contributed by atoms with Crippen LogP contribution < -0.4 is 10.1 Å². The highest BCUT2D eigenvalue weighted by molar-refractivity contribution is 6.05. The molecule has 11 aromatic rings. The van der Waals surface area contributed by atoms with Crippen LogP contribution in [0.5, 0.6) is 5.75 Å². The molecule has 6 heteroatoms. The van der Waals surface area contributed by atoms with E-state index in [2.05, 4.69) is 173 Å². The van der Waals surface area contributed by atoms with Crippen molar-refractivity contribution in [3.05, 3.63) is 222 Å². The Labute approximate surface area is 406 Å². The van der Waals surface area contributed by atoms with Crippen molar-refractivity contribution in [1.29, 1.82) is 0 Å². The molecule has 1 atom stereocenters. The number of para-hydroxylation sites is 4. The average molecular weight is 903 g/mol. The van der Waals surface area contributed by atoms with E-state index in [1.165, 1.54) is 44.5 Å². The van der Waals surface area contributed by atoms with Crippen molar-refractivity contribution in [2.75, 3.05) is 5.32 Å². The van der Waals surface area contributed by atoms with E-state index in [0.29, 0.717) is 11.7 Å². The maximum absolute atomic E-state index is 6.36. The zero-order valence-electron chi connectivity index (χ0n) is 39.2. The summed E-state index contributed by atoms with van der Waals surface area (Å²) in [5.41, 5.74) is 22.7. The molecule has 0 radical (unpaired) electrons. The van der Waals surface area contributed by atoms with Gasteiger partial charge in [0.05, 0.1) is 16.9 Å². The number of hydrogen-bond donors (Lipinski definition) is 1. The number of hydrogen-bond acceptors (Lipinski definition) is 6. The predicted molar refractivity (Wildman–Crippen MR) is 283 cm³/mol. The van der Waals surface area contributed by atoms with E-state index in [1.54, 1.807) is 0 Å². The maximum Gasteiger partial charge on any atom is 0.227 e. The molecule has 0 fully saturated rings. The van der Waals surface area contributed by atoms with Crippen LogP contribution in [-0.4, -0.2) is 15.0 Å². The van der Waals surface area contributed by atoms with Crippen molar-refractivity contribution in [3.8, 4) is 84.4 Å². The van der Waals surface area contributed by atoms with Crippen LogP contribution in [0.15, 0.2) is 199 Å². The second kappa shape index (κ2) is 14.9. The fourth-order valence-corrected chi connectivity index (χ4v) is 11.4. The van der Waals surface area contributed by atoms with Gasteiger partial charge in [-0.1, -0.05) is 161 Å². The Bertz CT molecular complexity index is 3900. The quantitative estimate of drug-likeness (QED) is 0.179. The van der Waals surface area contributed by atoms with Crippen LogP contribution >= 0.6 is 0 Å². The number of nitrogens with zero attached hydrogens (tertiary/aromatic N) is 3. The third-order valence-corrected chi connectivity index (χ3v) is 15.2. The Morgan fingerprint density at radius 1 is 0.443 bits per heavy atom. The van der Waals surface area contributed by atoms with Gasteiger partial charge in [0.25, 0.3) is 0 Å². The standard InChI is InChI=1S/C64H46N4O2/c1-63(2)50-15-7-5-13-44(50)46-31-29-41(35-52(46)63)43-33-48(42-30-32-47-45-14-6-8-16-51(45)64(3,4)53(47)36-42)59-49(34-43)58(37-21-25-39(26-22-37)61-65-54-17-9-11-19-56(54)69-61)67-60(68-59)38-23-27-40(28-24-38)62-66-55-18-10-12-20-57(55)70-62/h5-36,61,65H,1-4H3. The molecule has 3 heterocycles. The highest BCUT2D eigenvalue weighted by Gasteiger charge is 2.37. The van der Waals surface area contributed by atoms with E-state index in [0.717, 1.165) is 83.6 Å². The minimum atomic E-state index is -0.299. The molecule has 0 spiro atoms. The maximum atomic E-state index is 6.36. The topological polar surface area (TPSA) is 73.1 Å². The fraction of sp³-hybridized carbons (Fsp3) is 0.109. The van der Waals surface area contributed by atoms with Crippen LogP contribution in [-0.2, 0) is 10.8 Å². The first-order chi connectivity index (χ1) is 34.2. The van der Waals surface area contributed by atoms with E-state index in [-0.39, 0.29) is 17.1 Å². The number of nitrogens with one attached hydrogen (secondary N) is 1. The lowest BCUT2D eigenvalue weighted by atomic mass is 9.81. The van der Waals surface area contributed by atoms with Crippen molar-refractivity contribution in [2.24, 2.45) is 0 Å². The van der Waals surface area contributed by atoms with Crippen LogP contribution in [0.1, 0.15) is 61.7 Å². The Morgan fingerprint density at radius 2 is 1.03 bits per heavy atom. The number of oxazole rings is 1. The van der Waals surface area contributed by atoms with E-state index >= 15 is 0 Å². The van der Waals surface area contributed by atoms with Gasteiger partial charge >= 0.3 is 0 Å². The first-order valence-corrected chi connectivity index (χ1v) is 24.1. The molecule has 2 aliphatic carbocycles. The van der Waals surface area contributed by atoms with Gasteiger partial charge in [-0.25, -0.2) is 15.0 Å². The fourth-order valence-electron chi connectivity index (χ4n) is 11.4. The molecule has 1 aliphatic heterocycles. The molecule has 70 heavy (non-hydrogen) atoms. The summed E-state index contributed by atoms with van der Waals surface area (Å²) in [6.45, 7) is 9.38. The van der Waals surface area contributed by atoms with Crippen LogP contribution in [0, 0.1) is 0 Å². The van der Waals surface area contributed by atoms with E-state index in [9.17, 15) is 0 Å². The van der Waals surface area contributed by atoms with Crippen molar-refractivity contribution in [1.82, 2.24) is 15.0 Å². The minimum absolute atomic E-state index is 0.150. The van der Waals surface area contributed by atoms with Gasteiger partial charge < -0.3 is 14.5 Å². The zero-order chi connectivity index (χ0) is 46.9. The van der Waals surface area contributed by atoms with Gasteiger partial charge in [-0.05, 0) is 122 Å². The number of fused-ring (bicyclic) bond motifs is 9. The van der Waals surface area contributed by atoms with Crippen LogP contribution in [0.25, 0.3) is 101 Å². The smallest absolute Gasteiger partial charge is 0.227 e. The van der Waals surface area contributed by atoms with Crippen molar-refractivity contribution in [3.63, 3.8) is 0 Å². The third-order valence-electron chi connectivity index (χ3n) is 15.2. The summed E-state index contributed by atoms with van der Waals surface area (Å²) in [7, 11) is 0. The summed E-state index contributed by atoms with van der Waals surface area (Å²) in [6, 6.07) is 69.2. The normalized spacial score (nSPS) is 15.5. The van der Waals surface area contributed by atoms with Crippen molar-refractivity contribution < 1.29 is 9.15 Å². The molecule has 6 nitrogen and oxygen atoms in total. The van der Waals surface area contributed by atoms with Crippen LogP contribution in [0.4, 0.5) is 5.69 Å². The zero-order valence-corrected chi connectivity index (χ0v) is 39.2. The molecule has 1 unspecified atom stereocenters. The Kier molecular flexibility index (Phi) is 8.64. The van der Waals surface area contributed by atoms with Crippen LogP contribution in [0.3, 0.4) is 0 Å². The predicted octanol–water partition coefficient (Wildman–Crippen LogP) is 16.2. The Balaban J connectivity index is 0.979. The highest BCUT2D eigenvalue weighted by atomic mass is 16.5. The average Bonchev–Trinajstić information content (AvgIpc) is 4.15. The molecule has 0 saturated heterocycles. The minimum Gasteiger partial charge on any atom is -0.464 e. The third kappa shape index (κ3) is 6.15. The molecule has 3 aliphatic rings. The van der Waals surface area contributed by atoms with Gasteiger partial charge in [0.1, 0.15) is 11.3 Å². The molecule has 9 aromatic carbocycles. The number of aromatic nitrogens is 3. The second-order valence-corrected chi connectivity index (χ2v) is 20.0. The van der Waals surface area contributed by atoms with Crippen LogP contribution in [0.2, 0.25) is 0 Å². The lowest BCUT2D eigenvalue weighted by Crippen LogP contribution is -2.15.